The number of aryl methyl sites for hydroxylation is 2. The molecule has 2 rings (SSSR count). The zero-order chi connectivity index (χ0) is 15.2. The molecule has 0 saturated heterocycles. The molecule has 1 N–H and O–H groups in total. The molecule has 0 amide bonds. The van der Waals surface area contributed by atoms with Crippen molar-refractivity contribution in [1.82, 2.24) is 5.32 Å². The minimum Gasteiger partial charge on any atom is -0.494 e. The Bertz CT molecular complexity index is 592. The first-order valence-electron chi connectivity index (χ1n) is 7.60. The highest BCUT2D eigenvalue weighted by Gasteiger charge is 2.15. The molecule has 112 valence electrons. The first-order valence-corrected chi connectivity index (χ1v) is 7.60. The Morgan fingerprint density at radius 1 is 1.05 bits per heavy atom. The van der Waals surface area contributed by atoms with E-state index in [-0.39, 0.29) is 6.04 Å². The maximum atomic E-state index is 5.76. The van der Waals surface area contributed by atoms with Gasteiger partial charge in [0, 0.05) is 11.6 Å². The first-order chi connectivity index (χ1) is 10.2. The normalized spacial score (nSPS) is 12.2. The molecule has 2 aromatic rings. The third-order valence-corrected chi connectivity index (χ3v) is 3.95. The summed E-state index contributed by atoms with van der Waals surface area (Å²) in [6.07, 6.45) is 0.960. The molecule has 0 spiro atoms. The summed E-state index contributed by atoms with van der Waals surface area (Å²) in [7, 11) is 2.01. The second-order valence-electron chi connectivity index (χ2n) is 5.43. The minimum absolute atomic E-state index is 0.259. The van der Waals surface area contributed by atoms with E-state index in [9.17, 15) is 0 Å². The van der Waals surface area contributed by atoms with Gasteiger partial charge in [-0.25, -0.2) is 0 Å². The van der Waals surface area contributed by atoms with Gasteiger partial charge >= 0.3 is 0 Å². The molecule has 0 heterocycles. The van der Waals surface area contributed by atoms with Crippen LogP contribution in [0.3, 0.4) is 0 Å². The molecule has 0 aliphatic carbocycles. The molecule has 0 bridgehead atoms. The van der Waals surface area contributed by atoms with Gasteiger partial charge in [0.25, 0.3) is 0 Å². The molecule has 2 nitrogen and oxygen atoms in total. The van der Waals surface area contributed by atoms with Crippen LogP contribution < -0.4 is 10.1 Å². The van der Waals surface area contributed by atoms with Gasteiger partial charge in [0.05, 0.1) is 6.61 Å². The van der Waals surface area contributed by atoms with Crippen LogP contribution >= 0.6 is 0 Å². The van der Waals surface area contributed by atoms with Crippen LogP contribution in [0.25, 0.3) is 0 Å². The Balaban J connectivity index is 2.25. The Morgan fingerprint density at radius 2 is 1.81 bits per heavy atom. The molecule has 21 heavy (non-hydrogen) atoms. The highest BCUT2D eigenvalue weighted by Crippen LogP contribution is 2.28. The van der Waals surface area contributed by atoms with E-state index in [1.165, 1.54) is 22.3 Å². The number of nitrogens with one attached hydrogen (secondary N) is 1. The zero-order valence-electron chi connectivity index (χ0n) is 13.4. The minimum atomic E-state index is 0.259. The highest BCUT2D eigenvalue weighted by molar-refractivity contribution is 5.38. The number of para-hydroxylation sites is 1. The second kappa shape index (κ2) is 7.28. The van der Waals surface area contributed by atoms with Gasteiger partial charge in [-0.2, -0.15) is 0 Å². The van der Waals surface area contributed by atoms with E-state index in [1.807, 2.05) is 26.1 Å². The number of rotatable bonds is 6. The molecule has 1 unspecified atom stereocenters. The van der Waals surface area contributed by atoms with E-state index >= 15 is 0 Å². The maximum absolute atomic E-state index is 5.76. The largest absolute Gasteiger partial charge is 0.494 e. The Kier molecular flexibility index (Phi) is 5.40. The molecular formula is C19H25NO. The summed E-state index contributed by atoms with van der Waals surface area (Å²) in [5.74, 6) is 0.975. The summed E-state index contributed by atoms with van der Waals surface area (Å²) in [5.41, 5.74) is 5.26. The highest BCUT2D eigenvalue weighted by atomic mass is 16.5. The van der Waals surface area contributed by atoms with Crippen molar-refractivity contribution in [1.29, 1.82) is 0 Å². The van der Waals surface area contributed by atoms with Crippen LogP contribution in [0.2, 0.25) is 0 Å². The second-order valence-corrected chi connectivity index (χ2v) is 5.43. The SMILES string of the molecule is CCOc1ccccc1C(Cc1ccc(C)c(C)c1)NC. The van der Waals surface area contributed by atoms with Crippen molar-refractivity contribution in [3.63, 3.8) is 0 Å². The van der Waals surface area contributed by atoms with Gasteiger partial charge in [0.1, 0.15) is 5.75 Å². The Hall–Kier alpha value is -1.80. The van der Waals surface area contributed by atoms with Crippen molar-refractivity contribution in [3.8, 4) is 5.75 Å². The molecular weight excluding hydrogens is 258 g/mol. The summed E-state index contributed by atoms with van der Waals surface area (Å²) < 4.78 is 5.76. The summed E-state index contributed by atoms with van der Waals surface area (Å²) >= 11 is 0. The van der Waals surface area contributed by atoms with E-state index in [0.29, 0.717) is 6.61 Å². The van der Waals surface area contributed by atoms with Crippen LogP contribution in [0.4, 0.5) is 0 Å². The lowest BCUT2D eigenvalue weighted by Crippen LogP contribution is -2.20. The molecule has 0 saturated carbocycles. The monoisotopic (exact) mass is 283 g/mol. The number of likely N-dealkylation sites (N-methyl/N-ethyl adjacent to an activating group) is 1. The van der Waals surface area contributed by atoms with Gasteiger partial charge < -0.3 is 10.1 Å². The van der Waals surface area contributed by atoms with Gasteiger partial charge in [-0.15, -0.1) is 0 Å². The zero-order valence-corrected chi connectivity index (χ0v) is 13.4. The molecule has 2 aromatic carbocycles. The number of benzene rings is 2. The van der Waals surface area contributed by atoms with Gasteiger partial charge in [-0.05, 0) is 57.0 Å². The van der Waals surface area contributed by atoms with Crippen LogP contribution in [0.1, 0.15) is 35.2 Å². The van der Waals surface area contributed by atoms with Crippen LogP contribution in [0.5, 0.6) is 5.75 Å². The quantitative estimate of drug-likeness (QED) is 0.857. The van der Waals surface area contributed by atoms with E-state index in [4.69, 9.17) is 4.74 Å². The van der Waals surface area contributed by atoms with Gasteiger partial charge in [0.15, 0.2) is 0 Å². The predicted octanol–water partition coefficient (Wildman–Crippen LogP) is 4.21. The molecule has 2 heteroatoms. The number of ether oxygens (including phenoxy) is 1. The first kappa shape index (κ1) is 15.6. The topological polar surface area (TPSA) is 21.3 Å². The van der Waals surface area contributed by atoms with E-state index in [0.717, 1.165) is 12.2 Å². The van der Waals surface area contributed by atoms with E-state index in [2.05, 4.69) is 49.5 Å². The van der Waals surface area contributed by atoms with Crippen LogP contribution in [0, 0.1) is 13.8 Å². The standard InChI is InChI=1S/C19H25NO/c1-5-21-19-9-7-6-8-17(19)18(20-4)13-16-11-10-14(2)15(3)12-16/h6-12,18,20H,5,13H2,1-4H3. The van der Waals surface area contributed by atoms with Crippen LogP contribution in [0.15, 0.2) is 42.5 Å². The summed E-state index contributed by atoms with van der Waals surface area (Å²) in [6.45, 7) is 7.03. The van der Waals surface area contributed by atoms with Gasteiger partial charge in [-0.1, -0.05) is 36.4 Å². The molecule has 0 aromatic heterocycles. The van der Waals surface area contributed by atoms with E-state index < -0.39 is 0 Å². The third kappa shape index (κ3) is 3.85. The molecule has 0 aliphatic rings. The van der Waals surface area contributed by atoms with Crippen molar-refractivity contribution in [3.05, 3.63) is 64.7 Å². The average molecular weight is 283 g/mol. The fourth-order valence-corrected chi connectivity index (χ4v) is 2.59. The molecule has 0 radical (unpaired) electrons. The number of hydrogen-bond donors (Lipinski definition) is 1. The van der Waals surface area contributed by atoms with Crippen molar-refractivity contribution in [2.24, 2.45) is 0 Å². The third-order valence-electron chi connectivity index (χ3n) is 3.95. The maximum Gasteiger partial charge on any atom is 0.124 e. The van der Waals surface area contributed by atoms with Crippen LogP contribution in [-0.4, -0.2) is 13.7 Å². The van der Waals surface area contributed by atoms with Crippen LogP contribution in [-0.2, 0) is 6.42 Å². The molecule has 0 fully saturated rings. The van der Waals surface area contributed by atoms with Crippen molar-refractivity contribution < 1.29 is 4.74 Å². The van der Waals surface area contributed by atoms with Gasteiger partial charge in [0.2, 0.25) is 0 Å². The fraction of sp³-hybridized carbons (Fsp3) is 0.368. The lowest BCUT2D eigenvalue weighted by Gasteiger charge is -2.20. The molecule has 0 aliphatic heterocycles. The average Bonchev–Trinajstić information content (AvgIpc) is 2.49. The Labute approximate surface area is 128 Å². The summed E-state index contributed by atoms with van der Waals surface area (Å²) in [4.78, 5) is 0. The van der Waals surface area contributed by atoms with Crippen molar-refractivity contribution in [2.45, 2.75) is 33.2 Å². The molecule has 1 atom stereocenters. The summed E-state index contributed by atoms with van der Waals surface area (Å²) in [5, 5.41) is 3.42. The smallest absolute Gasteiger partial charge is 0.124 e. The summed E-state index contributed by atoms with van der Waals surface area (Å²) in [6, 6.07) is 15.2. The Morgan fingerprint density at radius 3 is 2.48 bits per heavy atom. The lowest BCUT2D eigenvalue weighted by atomic mass is 9.96. The van der Waals surface area contributed by atoms with E-state index in [1.54, 1.807) is 0 Å². The lowest BCUT2D eigenvalue weighted by molar-refractivity contribution is 0.332. The fourth-order valence-electron chi connectivity index (χ4n) is 2.59. The predicted molar refractivity (Wildman–Crippen MR) is 89.0 cm³/mol. The van der Waals surface area contributed by atoms with Crippen molar-refractivity contribution >= 4 is 0 Å². The van der Waals surface area contributed by atoms with Gasteiger partial charge in [-0.3, -0.25) is 0 Å². The number of hydrogen-bond acceptors (Lipinski definition) is 2. The van der Waals surface area contributed by atoms with Crippen molar-refractivity contribution in [2.75, 3.05) is 13.7 Å².